The van der Waals surface area contributed by atoms with Gasteiger partial charge >= 0.3 is 11.7 Å². The Morgan fingerprint density at radius 3 is 2.34 bits per heavy atom. The summed E-state index contributed by atoms with van der Waals surface area (Å²) >= 11 is 0. The van der Waals surface area contributed by atoms with Crippen molar-refractivity contribution in [3.8, 4) is 5.69 Å². The summed E-state index contributed by atoms with van der Waals surface area (Å²) in [5.41, 5.74) is 11.1. The van der Waals surface area contributed by atoms with E-state index in [9.17, 15) is 14.4 Å². The number of anilines is 1. The van der Waals surface area contributed by atoms with E-state index < -0.39 is 17.3 Å². The van der Waals surface area contributed by atoms with Gasteiger partial charge in [-0.1, -0.05) is 13.0 Å². The van der Waals surface area contributed by atoms with E-state index in [1.807, 2.05) is 0 Å². The number of piperidine rings is 1. The molecule has 2 aliphatic heterocycles. The van der Waals surface area contributed by atoms with Crippen molar-refractivity contribution in [2.24, 2.45) is 29.2 Å². The third-order valence-electron chi connectivity index (χ3n) is 8.87. The molecule has 5 rings (SSSR count). The minimum Gasteiger partial charge on any atom is -0.338 e. The van der Waals surface area contributed by atoms with Crippen LogP contribution in [0.3, 0.4) is 0 Å². The number of carbonyl (C=O) groups excluding carboxylic acids is 2. The number of nitrogens with two attached hydrogens (primary N) is 2. The van der Waals surface area contributed by atoms with Gasteiger partial charge in [0, 0.05) is 51.5 Å². The van der Waals surface area contributed by atoms with E-state index in [0.717, 1.165) is 26.1 Å². The summed E-state index contributed by atoms with van der Waals surface area (Å²) in [6.07, 6.45) is 3.02. The Hall–Kier alpha value is -3.35. The molecule has 222 valence electrons. The summed E-state index contributed by atoms with van der Waals surface area (Å²) in [7, 11) is 0. The van der Waals surface area contributed by atoms with Crippen molar-refractivity contribution in [3.05, 3.63) is 52.3 Å². The first-order chi connectivity index (χ1) is 19.5. The molecule has 2 aromatic rings. The van der Waals surface area contributed by atoms with Crippen LogP contribution in [0.4, 0.5) is 15.0 Å². The lowest BCUT2D eigenvalue weighted by Gasteiger charge is -2.37. The number of nitrogens with one attached hydrogen (secondary N) is 1. The summed E-state index contributed by atoms with van der Waals surface area (Å²) in [6.45, 7) is 9.69. The number of urea groups is 1. The maximum Gasteiger partial charge on any atom is 0.354 e. The Morgan fingerprint density at radius 2 is 1.78 bits per heavy atom. The first-order valence-corrected chi connectivity index (χ1v) is 14.5. The summed E-state index contributed by atoms with van der Waals surface area (Å²) in [5, 5.41) is 2.64. The Morgan fingerprint density at radius 1 is 1.12 bits per heavy atom. The summed E-state index contributed by atoms with van der Waals surface area (Å²) in [6, 6.07) is 6.18. The zero-order chi connectivity index (χ0) is 29.5. The van der Waals surface area contributed by atoms with Gasteiger partial charge in [-0.05, 0) is 74.8 Å². The van der Waals surface area contributed by atoms with Crippen molar-refractivity contribution in [2.75, 3.05) is 51.1 Å². The molecule has 0 bridgehead atoms. The van der Waals surface area contributed by atoms with Gasteiger partial charge in [-0.15, -0.1) is 0 Å². The molecule has 3 aliphatic rings. The number of hydrogen-bond acceptors (Lipinski definition) is 7. The maximum atomic E-state index is 15.2. The van der Waals surface area contributed by atoms with Gasteiger partial charge in [0.2, 0.25) is 5.91 Å². The molecule has 3 amide bonds. The fourth-order valence-electron chi connectivity index (χ4n) is 6.34. The van der Waals surface area contributed by atoms with E-state index in [0.29, 0.717) is 61.6 Å². The molecule has 1 saturated carbocycles. The molecule has 12 heteroatoms. The van der Waals surface area contributed by atoms with Gasteiger partial charge < -0.3 is 21.3 Å². The molecule has 1 aromatic carbocycles. The van der Waals surface area contributed by atoms with Gasteiger partial charge in [0.15, 0.2) is 0 Å². The van der Waals surface area contributed by atoms with Crippen molar-refractivity contribution in [2.45, 2.75) is 45.2 Å². The summed E-state index contributed by atoms with van der Waals surface area (Å²) in [4.78, 5) is 47.5. The normalized spacial score (nSPS) is 23.3. The van der Waals surface area contributed by atoms with E-state index in [-0.39, 0.29) is 23.6 Å². The number of fused-ring (bicyclic) bond motifs is 1. The Labute approximate surface area is 239 Å². The predicted octanol–water partition coefficient (Wildman–Crippen LogP) is 1.24. The summed E-state index contributed by atoms with van der Waals surface area (Å²) < 4.78 is 16.4. The lowest BCUT2D eigenvalue weighted by molar-refractivity contribution is -0.137. The zero-order valence-corrected chi connectivity index (χ0v) is 24.1. The molecule has 1 aliphatic carbocycles. The van der Waals surface area contributed by atoms with E-state index in [1.165, 1.54) is 22.9 Å². The fraction of sp³-hybridized carbons (Fsp3) is 0.586. The highest BCUT2D eigenvalue weighted by atomic mass is 19.1. The molecule has 41 heavy (non-hydrogen) atoms. The SMILES string of the molecule is CCC(Cc1ccc(-n2ccc(NC(=O)N3CCN(C(=O)C(C)(C)N)CC3)nc2=O)cc1F)N1C[C@@H]2[C@@H](CN)[C@@H]2C1. The molecule has 3 heterocycles. The van der Waals surface area contributed by atoms with Crippen LogP contribution in [-0.4, -0.2) is 93.6 Å². The van der Waals surface area contributed by atoms with Crippen LogP contribution in [0, 0.1) is 23.6 Å². The van der Waals surface area contributed by atoms with Crippen LogP contribution in [0.15, 0.2) is 35.3 Å². The number of carbonyl (C=O) groups is 2. The Kier molecular flexibility index (Phi) is 8.18. The second-order valence-corrected chi connectivity index (χ2v) is 12.1. The molecule has 4 atom stereocenters. The number of piperazine rings is 1. The average molecular weight is 569 g/mol. The van der Waals surface area contributed by atoms with E-state index >= 15 is 4.39 Å². The number of halogens is 1. The van der Waals surface area contributed by atoms with E-state index in [1.54, 1.807) is 35.8 Å². The molecule has 1 unspecified atom stereocenters. The molecule has 5 N–H and O–H groups in total. The van der Waals surface area contributed by atoms with Crippen LogP contribution in [0.2, 0.25) is 0 Å². The average Bonchev–Trinajstić information content (AvgIpc) is 3.41. The smallest absolute Gasteiger partial charge is 0.338 e. The standard InChI is InChI=1S/C29H41FN8O3/c1-4-19(37-16-22-21(15-31)23(22)17-37)13-18-5-6-20(14-24(18)30)38-8-7-25(34-28(38)41)33-27(40)36-11-9-35(10-12-36)26(39)29(2,3)32/h5-8,14,19,21-23H,4,9-13,15-17,31-32H2,1-3H3,(H,33,34,40,41)/t19?,21-,22-,23+. The molecular formula is C29H41FN8O3. The lowest BCUT2D eigenvalue weighted by atomic mass is 10.0. The number of nitrogens with zero attached hydrogens (tertiary/aromatic N) is 5. The van der Waals surface area contributed by atoms with Gasteiger partial charge in [0.1, 0.15) is 11.6 Å². The quantitative estimate of drug-likeness (QED) is 0.435. The van der Waals surface area contributed by atoms with Crippen LogP contribution < -0.4 is 22.5 Å². The fourth-order valence-corrected chi connectivity index (χ4v) is 6.34. The van der Waals surface area contributed by atoms with Crippen LogP contribution in [0.5, 0.6) is 0 Å². The topological polar surface area (TPSA) is 143 Å². The Balaban J connectivity index is 1.18. The van der Waals surface area contributed by atoms with Crippen LogP contribution in [-0.2, 0) is 11.2 Å². The van der Waals surface area contributed by atoms with Gasteiger partial charge in [0.05, 0.1) is 11.2 Å². The van der Waals surface area contributed by atoms with Crippen molar-refractivity contribution in [1.29, 1.82) is 0 Å². The second kappa shape index (κ2) is 11.5. The van der Waals surface area contributed by atoms with Gasteiger partial charge in [-0.2, -0.15) is 4.98 Å². The van der Waals surface area contributed by atoms with Crippen LogP contribution in [0.25, 0.3) is 5.69 Å². The van der Waals surface area contributed by atoms with Crippen molar-refractivity contribution < 1.29 is 14.0 Å². The largest absolute Gasteiger partial charge is 0.354 e. The van der Waals surface area contributed by atoms with Crippen LogP contribution in [0.1, 0.15) is 32.8 Å². The van der Waals surface area contributed by atoms with E-state index in [2.05, 4.69) is 22.1 Å². The minimum absolute atomic E-state index is 0.0984. The van der Waals surface area contributed by atoms with Gasteiger partial charge in [-0.25, -0.2) is 14.0 Å². The highest BCUT2D eigenvalue weighted by molar-refractivity contribution is 5.89. The molecular weight excluding hydrogens is 527 g/mol. The third-order valence-corrected chi connectivity index (χ3v) is 8.87. The molecule has 3 fully saturated rings. The Bertz CT molecular complexity index is 1340. The second-order valence-electron chi connectivity index (χ2n) is 12.1. The number of likely N-dealkylation sites (tertiary alicyclic amines) is 1. The number of rotatable bonds is 8. The van der Waals surface area contributed by atoms with Gasteiger partial charge in [-0.3, -0.25) is 19.6 Å². The van der Waals surface area contributed by atoms with E-state index in [4.69, 9.17) is 11.5 Å². The predicted molar refractivity (Wildman–Crippen MR) is 154 cm³/mol. The number of hydrogen-bond donors (Lipinski definition) is 3. The highest BCUT2D eigenvalue weighted by Gasteiger charge is 2.55. The maximum absolute atomic E-state index is 15.2. The molecule has 0 radical (unpaired) electrons. The van der Waals surface area contributed by atoms with Crippen LogP contribution >= 0.6 is 0 Å². The number of aromatic nitrogens is 2. The molecule has 0 spiro atoms. The summed E-state index contributed by atoms with van der Waals surface area (Å²) in [5.74, 6) is 1.62. The van der Waals surface area contributed by atoms with Crippen molar-refractivity contribution in [3.63, 3.8) is 0 Å². The van der Waals surface area contributed by atoms with Crippen molar-refractivity contribution in [1.82, 2.24) is 24.3 Å². The van der Waals surface area contributed by atoms with Crippen molar-refractivity contribution >= 4 is 17.8 Å². The first kappa shape index (κ1) is 29.2. The van der Waals surface area contributed by atoms with Gasteiger partial charge in [0.25, 0.3) is 0 Å². The minimum atomic E-state index is -0.970. The number of amides is 3. The number of benzene rings is 1. The molecule has 11 nitrogen and oxygen atoms in total. The lowest BCUT2D eigenvalue weighted by Crippen LogP contribution is -2.58. The molecule has 2 saturated heterocycles. The molecule has 1 aromatic heterocycles. The third kappa shape index (κ3) is 6.14. The zero-order valence-electron chi connectivity index (χ0n) is 24.1. The highest BCUT2D eigenvalue weighted by Crippen LogP contribution is 2.51. The first-order valence-electron chi connectivity index (χ1n) is 14.5. The monoisotopic (exact) mass is 568 g/mol.